The smallest absolute Gasteiger partial charge is 0.407 e. The molecule has 0 heterocycles. The van der Waals surface area contributed by atoms with Crippen LogP contribution in [0.4, 0.5) is 4.79 Å². The lowest BCUT2D eigenvalue weighted by Crippen LogP contribution is -2.55. The van der Waals surface area contributed by atoms with Crippen molar-refractivity contribution in [3.63, 3.8) is 0 Å². The van der Waals surface area contributed by atoms with Gasteiger partial charge in [0.1, 0.15) is 12.3 Å². The summed E-state index contributed by atoms with van der Waals surface area (Å²) in [6, 6.07) is 8.27. The molecule has 2 rings (SSSR count). The fourth-order valence-electron chi connectivity index (χ4n) is 5.11. The summed E-state index contributed by atoms with van der Waals surface area (Å²) in [5.74, 6) is 1.26. The number of carbonyl (C=O) groups excluding carboxylic acids is 4. The molecule has 3 N–H and O–H groups in total. The molecule has 252 valence electrons. The molecule has 0 saturated carbocycles. The van der Waals surface area contributed by atoms with Crippen LogP contribution in [0, 0.1) is 24.2 Å². The Balaban J connectivity index is 2.02. The number of ether oxygens (including phenoxy) is 2. The maximum Gasteiger partial charge on any atom is 0.407 e. The van der Waals surface area contributed by atoms with E-state index in [-0.39, 0.29) is 37.3 Å². The van der Waals surface area contributed by atoms with Crippen LogP contribution in [0.1, 0.15) is 78.7 Å². The van der Waals surface area contributed by atoms with Crippen molar-refractivity contribution in [1.29, 1.82) is 0 Å². The number of amides is 3. The first kappa shape index (κ1) is 38.3. The summed E-state index contributed by atoms with van der Waals surface area (Å²) in [6.45, 7) is 10.2. The van der Waals surface area contributed by atoms with Gasteiger partial charge in [0.2, 0.25) is 11.8 Å². The summed E-state index contributed by atoms with van der Waals surface area (Å²) in [7, 11) is 0. The van der Waals surface area contributed by atoms with Crippen LogP contribution in [0.3, 0.4) is 0 Å². The predicted octanol–water partition coefficient (Wildman–Crippen LogP) is 4.50. The molecule has 10 heteroatoms. The number of rotatable bonds is 22. The molecule has 1 aromatic rings. The van der Waals surface area contributed by atoms with Gasteiger partial charge in [-0.05, 0) is 44.4 Å². The Morgan fingerprint density at radius 1 is 1.02 bits per heavy atom. The zero-order valence-electron chi connectivity index (χ0n) is 28.1. The summed E-state index contributed by atoms with van der Waals surface area (Å²) in [5.41, 5.74) is 4.86. The molecule has 1 aliphatic carbocycles. The maximum atomic E-state index is 13.5. The van der Waals surface area contributed by atoms with Crippen LogP contribution in [0.25, 0.3) is 0 Å². The summed E-state index contributed by atoms with van der Waals surface area (Å²) < 4.78 is 11.2. The molecule has 0 bridgehead atoms. The molecule has 0 radical (unpaired) electrons. The van der Waals surface area contributed by atoms with Crippen LogP contribution in [0.2, 0.25) is 0 Å². The first-order valence-corrected chi connectivity index (χ1v) is 16.4. The monoisotopic (exact) mass is 636 g/mol. The minimum atomic E-state index is -0.965. The van der Waals surface area contributed by atoms with E-state index in [4.69, 9.17) is 15.9 Å². The minimum absolute atomic E-state index is 0.0551. The van der Waals surface area contributed by atoms with Crippen LogP contribution in [-0.4, -0.2) is 73.1 Å². The van der Waals surface area contributed by atoms with Crippen LogP contribution in [0.15, 0.2) is 47.7 Å². The lowest BCUT2D eigenvalue weighted by atomic mass is 9.81. The van der Waals surface area contributed by atoms with E-state index in [9.17, 15) is 19.2 Å². The second-order valence-electron chi connectivity index (χ2n) is 11.7. The Kier molecular flexibility index (Phi) is 17.5. The molecule has 0 saturated heterocycles. The normalized spacial score (nSPS) is 16.2. The largest absolute Gasteiger partial charge is 0.450 e. The Labute approximate surface area is 274 Å². The lowest BCUT2D eigenvalue weighted by molar-refractivity contribution is -0.130. The first-order chi connectivity index (χ1) is 22.1. The number of hydrogen-bond acceptors (Lipinski definition) is 7. The van der Waals surface area contributed by atoms with E-state index in [1.54, 1.807) is 19.9 Å². The molecule has 10 nitrogen and oxygen atoms in total. The predicted molar refractivity (Wildman–Crippen MR) is 178 cm³/mol. The molecule has 5 atom stereocenters. The van der Waals surface area contributed by atoms with Crippen LogP contribution < -0.4 is 16.0 Å². The number of hydrogen-bond donors (Lipinski definition) is 3. The Hall–Kier alpha value is -3.90. The molecule has 46 heavy (non-hydrogen) atoms. The lowest BCUT2D eigenvalue weighted by Gasteiger charge is -2.32. The number of terminal acetylenes is 1. The Morgan fingerprint density at radius 2 is 1.76 bits per heavy atom. The van der Waals surface area contributed by atoms with Crippen molar-refractivity contribution < 1.29 is 28.7 Å². The SMILES string of the molecule is C#CCCN(C[C@H](NC(=O)OCC)C(=O)NCC1=C=C[C@@H]1[C@H](C)C(=O)N[C@@H](CCCCCC)C(C)=O)C(C)OCc1ccccc1. The van der Waals surface area contributed by atoms with Crippen molar-refractivity contribution >= 4 is 23.7 Å². The minimum Gasteiger partial charge on any atom is -0.450 e. The van der Waals surface area contributed by atoms with Gasteiger partial charge in [-0.15, -0.1) is 18.1 Å². The molecule has 3 amide bonds. The van der Waals surface area contributed by atoms with Gasteiger partial charge in [0, 0.05) is 37.9 Å². The van der Waals surface area contributed by atoms with Gasteiger partial charge in [0.15, 0.2) is 5.78 Å². The molecule has 1 aliphatic rings. The second-order valence-corrected chi connectivity index (χ2v) is 11.7. The van der Waals surface area contributed by atoms with Crippen molar-refractivity contribution in [2.75, 3.05) is 26.2 Å². The van der Waals surface area contributed by atoms with Gasteiger partial charge in [-0.3, -0.25) is 19.3 Å². The molecule has 1 aromatic carbocycles. The summed E-state index contributed by atoms with van der Waals surface area (Å²) in [5, 5.41) is 8.48. The number of Topliss-reactive ketones (excluding diaryl/α,β-unsaturated/α-hetero) is 1. The highest BCUT2D eigenvalue weighted by Crippen LogP contribution is 2.27. The fourth-order valence-corrected chi connectivity index (χ4v) is 5.11. The van der Waals surface area contributed by atoms with E-state index in [0.717, 1.165) is 36.8 Å². The standard InChI is InChI=1S/C36H52N4O6/c1-7-10-12-16-19-32(27(5)41)38-34(42)26(4)31-21-20-30(31)23-37-35(43)33(39-36(44)45-9-3)24-40(22-11-8-2)28(6)46-25-29-17-14-13-15-18-29/h2,13-15,17-18,21,26,28,31-33H,7,9-12,16,19,22-25H2,1,3-6H3,(H,37,43)(H,38,42)(H,39,44)/t26-,28?,31+,32-,33-/m0/s1. The number of carbonyl (C=O) groups is 4. The van der Waals surface area contributed by atoms with E-state index < -0.39 is 36.2 Å². The third-order valence-corrected chi connectivity index (χ3v) is 8.10. The number of nitrogens with zero attached hydrogens (tertiary/aromatic N) is 1. The molecule has 0 aromatic heterocycles. The first-order valence-electron chi connectivity index (χ1n) is 16.4. The number of unbranched alkanes of at least 4 members (excludes halogenated alkanes) is 3. The van der Waals surface area contributed by atoms with Gasteiger partial charge in [0.05, 0.1) is 19.3 Å². The highest BCUT2D eigenvalue weighted by Gasteiger charge is 2.32. The maximum absolute atomic E-state index is 13.5. The topological polar surface area (TPSA) is 126 Å². The van der Waals surface area contributed by atoms with Crippen molar-refractivity contribution in [2.24, 2.45) is 11.8 Å². The van der Waals surface area contributed by atoms with E-state index in [2.05, 4.69) is 34.5 Å². The number of ketones is 1. The molecular formula is C36H52N4O6. The van der Waals surface area contributed by atoms with Gasteiger partial charge in [0.25, 0.3) is 0 Å². The van der Waals surface area contributed by atoms with E-state index in [1.807, 2.05) is 42.2 Å². The summed E-state index contributed by atoms with van der Waals surface area (Å²) in [4.78, 5) is 53.0. The Morgan fingerprint density at radius 3 is 2.37 bits per heavy atom. The molecule has 0 fully saturated rings. The third-order valence-electron chi connectivity index (χ3n) is 8.10. The second kappa shape index (κ2) is 21.0. The fraction of sp³-hybridized carbons (Fsp3) is 0.583. The van der Waals surface area contributed by atoms with E-state index in [0.29, 0.717) is 26.0 Å². The average molecular weight is 637 g/mol. The summed E-state index contributed by atoms with van der Waals surface area (Å²) in [6.07, 6.45) is 11.4. The number of nitrogens with one attached hydrogen (secondary N) is 3. The summed E-state index contributed by atoms with van der Waals surface area (Å²) >= 11 is 0. The van der Waals surface area contributed by atoms with Gasteiger partial charge >= 0.3 is 6.09 Å². The highest BCUT2D eigenvalue weighted by molar-refractivity contribution is 5.89. The molecule has 0 spiro atoms. The molecule has 0 aliphatic heterocycles. The van der Waals surface area contributed by atoms with Gasteiger partial charge in [-0.25, -0.2) is 4.79 Å². The third kappa shape index (κ3) is 13.2. The van der Waals surface area contributed by atoms with Gasteiger partial charge < -0.3 is 25.4 Å². The van der Waals surface area contributed by atoms with Crippen molar-refractivity contribution in [3.8, 4) is 12.3 Å². The van der Waals surface area contributed by atoms with Crippen molar-refractivity contribution in [3.05, 3.63) is 53.3 Å². The number of alkyl carbamates (subject to hydrolysis) is 1. The van der Waals surface area contributed by atoms with E-state index >= 15 is 0 Å². The Bertz CT molecular complexity index is 1240. The van der Waals surface area contributed by atoms with Gasteiger partial charge in [-0.2, -0.15) is 0 Å². The quantitative estimate of drug-likeness (QED) is 0.0741. The van der Waals surface area contributed by atoms with Crippen LogP contribution in [0.5, 0.6) is 0 Å². The zero-order chi connectivity index (χ0) is 33.9. The number of benzene rings is 1. The molecule has 1 unspecified atom stereocenters. The zero-order valence-corrected chi connectivity index (χ0v) is 28.1. The van der Waals surface area contributed by atoms with Crippen LogP contribution >= 0.6 is 0 Å². The van der Waals surface area contributed by atoms with E-state index in [1.165, 1.54) is 6.92 Å². The average Bonchev–Trinajstić information content (AvgIpc) is 3.02. The molecular weight excluding hydrogens is 584 g/mol. The highest BCUT2D eigenvalue weighted by atomic mass is 16.5. The van der Waals surface area contributed by atoms with Gasteiger partial charge in [-0.1, -0.05) is 69.9 Å². The van der Waals surface area contributed by atoms with Crippen molar-refractivity contribution in [1.82, 2.24) is 20.9 Å². The van der Waals surface area contributed by atoms with Crippen LogP contribution in [-0.2, 0) is 30.5 Å². The van der Waals surface area contributed by atoms with Crippen molar-refractivity contribution in [2.45, 2.75) is 98.1 Å².